The van der Waals surface area contributed by atoms with Crippen LogP contribution in [-0.2, 0) is 20.9 Å². The lowest BCUT2D eigenvalue weighted by Gasteiger charge is -2.23. The number of nitrogens with one attached hydrogen (secondary N) is 1. The van der Waals surface area contributed by atoms with Gasteiger partial charge in [0.25, 0.3) is 0 Å². The number of likely N-dealkylation sites (N-methyl/N-ethyl adjacent to an activating group) is 1. The Morgan fingerprint density at radius 2 is 1.74 bits per heavy atom. The Morgan fingerprint density at radius 3 is 2.29 bits per heavy atom. The Hall–Kier alpha value is -3.17. The number of halogens is 1. The summed E-state index contributed by atoms with van der Waals surface area (Å²) in [6, 6.07) is 16.6. The van der Waals surface area contributed by atoms with E-state index in [0.717, 1.165) is 31.6 Å². The van der Waals surface area contributed by atoms with Crippen molar-refractivity contribution in [3.63, 3.8) is 0 Å². The number of carboxylic acid groups (broad SMARTS) is 1. The number of amides is 2. The number of rotatable bonds is 8. The van der Waals surface area contributed by atoms with E-state index in [4.69, 9.17) is 4.74 Å². The van der Waals surface area contributed by atoms with Crippen molar-refractivity contribution in [1.29, 1.82) is 0 Å². The van der Waals surface area contributed by atoms with Crippen LogP contribution in [-0.4, -0.2) is 47.7 Å². The highest BCUT2D eigenvalue weighted by Gasteiger charge is 2.31. The number of alkyl carbamates (subject to hydrolysis) is 1. The maximum atomic E-state index is 12.9. The minimum Gasteiger partial charge on any atom is -0.481 e. The lowest BCUT2D eigenvalue weighted by Crippen LogP contribution is -2.48. The first kappa shape index (κ1) is 24.0. The second kappa shape index (κ2) is 10.4. The van der Waals surface area contributed by atoms with Crippen LogP contribution in [0.5, 0.6) is 0 Å². The molecule has 2 N–H and O–H groups in total. The molecule has 0 bridgehead atoms. The van der Waals surface area contributed by atoms with Crippen molar-refractivity contribution in [1.82, 2.24) is 10.2 Å². The number of aliphatic carboxylic acids is 1. The first-order chi connectivity index (χ1) is 16.3. The highest BCUT2D eigenvalue weighted by Crippen LogP contribution is 2.44. The fourth-order valence-electron chi connectivity index (χ4n) is 4.17. The van der Waals surface area contributed by atoms with Crippen LogP contribution in [0, 0.1) is 0 Å². The smallest absolute Gasteiger partial charge is 0.407 e. The van der Waals surface area contributed by atoms with Gasteiger partial charge < -0.3 is 20.1 Å². The number of benzene rings is 2. The third-order valence-corrected chi connectivity index (χ3v) is 7.39. The fourth-order valence-corrected chi connectivity index (χ4v) is 5.67. The zero-order valence-corrected chi connectivity index (χ0v) is 20.8. The van der Waals surface area contributed by atoms with Gasteiger partial charge in [0, 0.05) is 27.7 Å². The van der Waals surface area contributed by atoms with Gasteiger partial charge in [-0.15, -0.1) is 11.3 Å². The Balaban J connectivity index is 1.41. The summed E-state index contributed by atoms with van der Waals surface area (Å²) in [7, 11) is 1.57. The van der Waals surface area contributed by atoms with Crippen molar-refractivity contribution in [3.8, 4) is 11.1 Å². The molecule has 0 aliphatic heterocycles. The lowest BCUT2D eigenvalue weighted by molar-refractivity contribution is -0.142. The highest BCUT2D eigenvalue weighted by atomic mass is 79.9. The first-order valence-electron chi connectivity index (χ1n) is 10.6. The van der Waals surface area contributed by atoms with E-state index in [2.05, 4.69) is 21.2 Å². The first-order valence-corrected chi connectivity index (χ1v) is 12.3. The van der Waals surface area contributed by atoms with Crippen LogP contribution in [0.3, 0.4) is 0 Å². The largest absolute Gasteiger partial charge is 0.481 e. The maximum absolute atomic E-state index is 12.9. The molecule has 0 spiro atoms. The number of hydrogen-bond donors (Lipinski definition) is 2. The Labute approximate surface area is 209 Å². The van der Waals surface area contributed by atoms with Crippen LogP contribution in [0.1, 0.15) is 28.3 Å². The number of carbonyl (C=O) groups excluding carboxylic acids is 2. The van der Waals surface area contributed by atoms with Crippen molar-refractivity contribution >= 4 is 45.2 Å². The number of hydrogen-bond acceptors (Lipinski definition) is 5. The van der Waals surface area contributed by atoms with Crippen LogP contribution in [0.2, 0.25) is 0 Å². The minimum absolute atomic E-state index is 0.0763. The number of nitrogens with zero attached hydrogens (tertiary/aromatic N) is 1. The molecule has 1 unspecified atom stereocenters. The SMILES string of the molecule is CN(Cc1cc(Br)cs1)C(=O)C(CC(=O)O)NC(=O)OCC1c2ccccc2-c2ccccc21. The topological polar surface area (TPSA) is 95.9 Å². The van der Waals surface area contributed by atoms with Gasteiger partial charge in [0.1, 0.15) is 12.6 Å². The van der Waals surface area contributed by atoms with E-state index in [1.807, 2.05) is 60.0 Å². The summed E-state index contributed by atoms with van der Waals surface area (Å²) in [5.41, 5.74) is 4.34. The van der Waals surface area contributed by atoms with Gasteiger partial charge in [-0.2, -0.15) is 0 Å². The molecule has 4 rings (SSSR count). The predicted molar refractivity (Wildman–Crippen MR) is 133 cm³/mol. The normalized spacial score (nSPS) is 13.0. The summed E-state index contributed by atoms with van der Waals surface area (Å²) in [5, 5.41) is 13.6. The molecular weight excluding hydrogens is 520 g/mol. The zero-order chi connectivity index (χ0) is 24.2. The summed E-state index contributed by atoms with van der Waals surface area (Å²) in [6.45, 7) is 0.379. The molecule has 1 aliphatic rings. The summed E-state index contributed by atoms with van der Waals surface area (Å²) >= 11 is 4.85. The standard InChI is InChI=1S/C25H23BrN2O5S/c1-28(12-16-10-15(26)14-34-16)24(31)22(11-23(29)30)27-25(32)33-13-21-19-8-4-2-6-17(19)18-7-3-5-9-20(18)21/h2-10,14,21-22H,11-13H2,1H3,(H,27,32)(H,29,30). The van der Waals surface area contributed by atoms with Gasteiger partial charge in [-0.05, 0) is 44.3 Å². The van der Waals surface area contributed by atoms with Crippen LogP contribution in [0.25, 0.3) is 11.1 Å². The van der Waals surface area contributed by atoms with Gasteiger partial charge in [-0.25, -0.2) is 4.79 Å². The van der Waals surface area contributed by atoms with Gasteiger partial charge in [-0.3, -0.25) is 9.59 Å². The third-order valence-electron chi connectivity index (χ3n) is 5.70. The molecule has 0 fully saturated rings. The molecule has 9 heteroatoms. The average Bonchev–Trinajstić information content (AvgIpc) is 3.37. The number of ether oxygens (including phenoxy) is 1. The quantitative estimate of drug-likeness (QED) is 0.424. The molecule has 176 valence electrons. The molecule has 2 aromatic carbocycles. The van der Waals surface area contributed by atoms with E-state index in [1.165, 1.54) is 16.2 Å². The maximum Gasteiger partial charge on any atom is 0.407 e. The van der Waals surface area contributed by atoms with Gasteiger partial charge in [0.2, 0.25) is 5.91 Å². The van der Waals surface area contributed by atoms with Crippen LogP contribution >= 0.6 is 27.3 Å². The molecular formula is C25H23BrN2O5S. The Bertz CT molecular complexity index is 1180. The molecule has 34 heavy (non-hydrogen) atoms. The molecule has 1 atom stereocenters. The van der Waals surface area contributed by atoms with Gasteiger partial charge >= 0.3 is 12.1 Å². The van der Waals surface area contributed by atoms with E-state index >= 15 is 0 Å². The summed E-state index contributed by atoms with van der Waals surface area (Å²) in [5.74, 6) is -1.82. The molecule has 3 aromatic rings. The van der Waals surface area contributed by atoms with E-state index in [1.54, 1.807) is 7.05 Å². The fraction of sp³-hybridized carbons (Fsp3) is 0.240. The molecule has 1 aliphatic carbocycles. The third kappa shape index (κ3) is 5.31. The van der Waals surface area contributed by atoms with E-state index in [9.17, 15) is 19.5 Å². The van der Waals surface area contributed by atoms with E-state index in [-0.39, 0.29) is 12.5 Å². The molecule has 1 aromatic heterocycles. The molecule has 1 heterocycles. The van der Waals surface area contributed by atoms with Gasteiger partial charge in [-0.1, -0.05) is 48.5 Å². The van der Waals surface area contributed by atoms with Crippen molar-refractivity contribution in [3.05, 3.63) is 80.5 Å². The lowest BCUT2D eigenvalue weighted by atomic mass is 9.98. The van der Waals surface area contributed by atoms with Crippen LogP contribution in [0.4, 0.5) is 4.79 Å². The summed E-state index contributed by atoms with van der Waals surface area (Å²) in [6.07, 6.45) is -1.37. The Kier molecular flexibility index (Phi) is 7.33. The van der Waals surface area contributed by atoms with Crippen molar-refractivity contribution in [2.45, 2.75) is 24.9 Å². The zero-order valence-electron chi connectivity index (χ0n) is 18.4. The summed E-state index contributed by atoms with van der Waals surface area (Å²) in [4.78, 5) is 39.2. The number of carbonyl (C=O) groups is 3. The minimum atomic E-state index is -1.23. The Morgan fingerprint density at radius 1 is 1.12 bits per heavy atom. The van der Waals surface area contributed by atoms with Crippen molar-refractivity contribution in [2.75, 3.05) is 13.7 Å². The number of carboxylic acids is 1. The van der Waals surface area contributed by atoms with E-state index in [0.29, 0.717) is 6.54 Å². The molecule has 0 radical (unpaired) electrons. The van der Waals surface area contributed by atoms with Gasteiger partial charge in [0.05, 0.1) is 13.0 Å². The average molecular weight is 543 g/mol. The second-order valence-corrected chi connectivity index (χ2v) is 9.96. The van der Waals surface area contributed by atoms with Crippen LogP contribution in [0.15, 0.2) is 64.5 Å². The number of fused-ring (bicyclic) bond motifs is 3. The molecule has 0 saturated carbocycles. The van der Waals surface area contributed by atoms with Gasteiger partial charge in [0.15, 0.2) is 0 Å². The van der Waals surface area contributed by atoms with Crippen molar-refractivity contribution in [2.24, 2.45) is 0 Å². The predicted octanol–water partition coefficient (Wildman–Crippen LogP) is 4.85. The van der Waals surface area contributed by atoms with Crippen molar-refractivity contribution < 1.29 is 24.2 Å². The number of thiophene rings is 1. The molecule has 0 saturated heterocycles. The monoisotopic (exact) mass is 542 g/mol. The summed E-state index contributed by atoms with van der Waals surface area (Å²) < 4.78 is 6.39. The molecule has 2 amide bonds. The van der Waals surface area contributed by atoms with Crippen LogP contribution < -0.4 is 5.32 Å². The molecule has 7 nitrogen and oxygen atoms in total. The highest BCUT2D eigenvalue weighted by molar-refractivity contribution is 9.10. The second-order valence-electron chi connectivity index (χ2n) is 8.05. The van der Waals surface area contributed by atoms with E-state index < -0.39 is 30.4 Å².